The Hall–Kier alpha value is -2.85. The highest BCUT2D eigenvalue weighted by atomic mass is 32.2. The Morgan fingerprint density at radius 1 is 1.11 bits per heavy atom. The first-order chi connectivity index (χ1) is 12.7. The van der Waals surface area contributed by atoms with E-state index >= 15 is 0 Å². The van der Waals surface area contributed by atoms with E-state index in [4.69, 9.17) is 13.9 Å². The number of carbonyl (C=O) groups is 2. The smallest absolute Gasteiger partial charge is 0.374 e. The van der Waals surface area contributed by atoms with Crippen molar-refractivity contribution in [2.45, 2.75) is 11.5 Å². The van der Waals surface area contributed by atoms with Gasteiger partial charge in [0.2, 0.25) is 15.8 Å². The monoisotopic (exact) mass is 397 g/mol. The van der Waals surface area contributed by atoms with Crippen LogP contribution in [0.25, 0.3) is 0 Å². The normalized spacial score (nSPS) is 11.3. The molecular formula is C17H19NO8S. The molecular weight excluding hydrogens is 378 g/mol. The number of hydrogen-bond donors (Lipinski definition) is 0. The van der Waals surface area contributed by atoms with E-state index in [0.29, 0.717) is 5.56 Å². The molecule has 27 heavy (non-hydrogen) atoms. The van der Waals surface area contributed by atoms with Gasteiger partial charge in [0.25, 0.3) is 0 Å². The summed E-state index contributed by atoms with van der Waals surface area (Å²) in [5.74, 6) is -1.45. The van der Waals surface area contributed by atoms with Gasteiger partial charge in [0, 0.05) is 19.7 Å². The number of carbonyl (C=O) groups excluding carboxylic acids is 2. The maximum atomic E-state index is 12.4. The second kappa shape index (κ2) is 8.23. The van der Waals surface area contributed by atoms with Crippen LogP contribution in [0, 0.1) is 0 Å². The minimum absolute atomic E-state index is 0.0133. The lowest BCUT2D eigenvalue weighted by atomic mass is 10.2. The van der Waals surface area contributed by atoms with Crippen molar-refractivity contribution in [3.05, 3.63) is 47.4 Å². The first kappa shape index (κ1) is 20.5. The number of ether oxygens (including phenoxy) is 3. The van der Waals surface area contributed by atoms with Crippen molar-refractivity contribution < 1.29 is 36.6 Å². The Labute approximate surface area is 156 Å². The van der Waals surface area contributed by atoms with Gasteiger partial charge in [-0.3, -0.25) is 0 Å². The standard InChI is InChI=1S/C17H19NO8S/c1-18(2)27(21,22)14-9-11(5-6-13(14)23-3)16(19)26-10-12-7-8-25-15(12)17(20)24-4/h5-9H,10H2,1-4H3. The van der Waals surface area contributed by atoms with E-state index in [2.05, 4.69) is 4.74 Å². The number of nitrogens with zero attached hydrogens (tertiary/aromatic N) is 1. The van der Waals surface area contributed by atoms with Crippen LogP contribution >= 0.6 is 0 Å². The van der Waals surface area contributed by atoms with Crippen LogP contribution in [0.15, 0.2) is 39.8 Å². The van der Waals surface area contributed by atoms with E-state index in [1.165, 1.54) is 58.8 Å². The fourth-order valence-corrected chi connectivity index (χ4v) is 3.22. The lowest BCUT2D eigenvalue weighted by molar-refractivity contribution is 0.0453. The number of sulfonamides is 1. The molecule has 0 aliphatic rings. The molecule has 0 spiro atoms. The number of hydrogen-bond acceptors (Lipinski definition) is 8. The molecule has 1 aromatic heterocycles. The molecule has 0 bridgehead atoms. The van der Waals surface area contributed by atoms with E-state index < -0.39 is 22.0 Å². The van der Waals surface area contributed by atoms with Crippen LogP contribution < -0.4 is 4.74 Å². The molecule has 2 aromatic rings. The molecule has 146 valence electrons. The van der Waals surface area contributed by atoms with Crippen LogP contribution in [0.1, 0.15) is 26.5 Å². The fraction of sp³-hybridized carbons (Fsp3) is 0.294. The van der Waals surface area contributed by atoms with Crippen LogP contribution in [-0.2, 0) is 26.1 Å². The highest BCUT2D eigenvalue weighted by Crippen LogP contribution is 2.27. The summed E-state index contributed by atoms with van der Waals surface area (Å²) >= 11 is 0. The van der Waals surface area contributed by atoms with Gasteiger partial charge < -0.3 is 18.6 Å². The molecule has 0 saturated carbocycles. The quantitative estimate of drug-likeness (QED) is 0.649. The molecule has 0 fully saturated rings. The van der Waals surface area contributed by atoms with Gasteiger partial charge in [-0.1, -0.05) is 0 Å². The lowest BCUT2D eigenvalue weighted by Gasteiger charge is -2.15. The lowest BCUT2D eigenvalue weighted by Crippen LogP contribution is -2.23. The summed E-state index contributed by atoms with van der Waals surface area (Å²) in [7, 11) is 1.43. The molecule has 0 radical (unpaired) electrons. The van der Waals surface area contributed by atoms with E-state index in [1.54, 1.807) is 0 Å². The Bertz CT molecular complexity index is 946. The van der Waals surface area contributed by atoms with E-state index in [1.807, 2.05) is 0 Å². The molecule has 9 nitrogen and oxygen atoms in total. The molecule has 0 aliphatic heterocycles. The topological polar surface area (TPSA) is 112 Å². The maximum Gasteiger partial charge on any atom is 0.374 e. The van der Waals surface area contributed by atoms with Crippen LogP contribution in [0.5, 0.6) is 5.75 Å². The van der Waals surface area contributed by atoms with Gasteiger partial charge in [-0.15, -0.1) is 0 Å². The summed E-state index contributed by atoms with van der Waals surface area (Å²) in [4.78, 5) is 23.7. The van der Waals surface area contributed by atoms with Gasteiger partial charge in [-0.25, -0.2) is 22.3 Å². The summed E-state index contributed by atoms with van der Waals surface area (Å²) in [6, 6.07) is 5.39. The zero-order chi connectivity index (χ0) is 20.2. The van der Waals surface area contributed by atoms with E-state index in [0.717, 1.165) is 4.31 Å². The van der Waals surface area contributed by atoms with E-state index in [9.17, 15) is 18.0 Å². The van der Waals surface area contributed by atoms with E-state index in [-0.39, 0.29) is 28.6 Å². The Morgan fingerprint density at radius 3 is 2.41 bits per heavy atom. The van der Waals surface area contributed by atoms with Gasteiger partial charge in [0.1, 0.15) is 17.3 Å². The molecule has 0 N–H and O–H groups in total. The van der Waals surface area contributed by atoms with Crippen LogP contribution in [-0.4, -0.2) is 53.0 Å². The zero-order valence-electron chi connectivity index (χ0n) is 15.2. The first-order valence-corrected chi connectivity index (χ1v) is 9.08. The SMILES string of the molecule is COC(=O)c1occc1COC(=O)c1ccc(OC)c(S(=O)(=O)N(C)C)c1. The largest absolute Gasteiger partial charge is 0.495 e. The van der Waals surface area contributed by atoms with Gasteiger partial charge in [-0.2, -0.15) is 0 Å². The molecule has 0 aliphatic carbocycles. The van der Waals surface area contributed by atoms with Crippen LogP contribution in [0.2, 0.25) is 0 Å². The second-order valence-electron chi connectivity index (χ2n) is 5.50. The molecule has 1 heterocycles. The number of benzene rings is 1. The Kier molecular flexibility index (Phi) is 6.24. The van der Waals surface area contributed by atoms with Crippen molar-refractivity contribution in [3.8, 4) is 5.75 Å². The van der Waals surface area contributed by atoms with Crippen molar-refractivity contribution in [1.29, 1.82) is 0 Å². The van der Waals surface area contributed by atoms with Crippen molar-refractivity contribution in [2.75, 3.05) is 28.3 Å². The second-order valence-corrected chi connectivity index (χ2v) is 7.62. The molecule has 0 unspecified atom stereocenters. The van der Waals surface area contributed by atoms with Crippen molar-refractivity contribution in [3.63, 3.8) is 0 Å². The molecule has 2 rings (SSSR count). The summed E-state index contributed by atoms with van der Waals surface area (Å²) in [6.45, 7) is -0.248. The van der Waals surface area contributed by atoms with Gasteiger partial charge >= 0.3 is 11.9 Å². The number of furan rings is 1. The van der Waals surface area contributed by atoms with Crippen molar-refractivity contribution >= 4 is 22.0 Å². The van der Waals surface area contributed by atoms with Gasteiger partial charge in [-0.05, 0) is 24.3 Å². The Morgan fingerprint density at radius 2 is 1.81 bits per heavy atom. The van der Waals surface area contributed by atoms with Gasteiger partial charge in [0.05, 0.1) is 26.0 Å². The third-order valence-corrected chi connectivity index (χ3v) is 5.47. The zero-order valence-corrected chi connectivity index (χ0v) is 16.0. The van der Waals surface area contributed by atoms with Crippen molar-refractivity contribution in [2.24, 2.45) is 0 Å². The summed E-state index contributed by atoms with van der Waals surface area (Å²) in [5.41, 5.74) is 0.337. The molecule has 0 amide bonds. The highest BCUT2D eigenvalue weighted by molar-refractivity contribution is 7.89. The Balaban J connectivity index is 2.25. The third kappa shape index (κ3) is 4.29. The minimum Gasteiger partial charge on any atom is -0.495 e. The average Bonchev–Trinajstić information content (AvgIpc) is 3.13. The fourth-order valence-electron chi connectivity index (χ4n) is 2.15. The molecule has 1 aromatic carbocycles. The number of methoxy groups -OCH3 is 2. The summed E-state index contributed by atoms with van der Waals surface area (Å²) in [5, 5.41) is 0. The average molecular weight is 397 g/mol. The molecule has 10 heteroatoms. The molecule has 0 atom stereocenters. The minimum atomic E-state index is -3.83. The molecule has 0 saturated heterocycles. The number of rotatable bonds is 7. The van der Waals surface area contributed by atoms with Crippen LogP contribution in [0.3, 0.4) is 0 Å². The maximum absolute atomic E-state index is 12.4. The van der Waals surface area contributed by atoms with Crippen LogP contribution in [0.4, 0.5) is 0 Å². The predicted molar refractivity (Wildman–Crippen MR) is 93.0 cm³/mol. The summed E-state index contributed by atoms with van der Waals surface area (Å²) < 4.78 is 45.6. The first-order valence-electron chi connectivity index (χ1n) is 7.64. The third-order valence-electron chi connectivity index (χ3n) is 3.63. The van der Waals surface area contributed by atoms with Crippen molar-refractivity contribution in [1.82, 2.24) is 4.31 Å². The summed E-state index contributed by atoms with van der Waals surface area (Å²) in [6.07, 6.45) is 1.27. The van der Waals surface area contributed by atoms with Gasteiger partial charge in [0.15, 0.2) is 0 Å². The number of esters is 2. The predicted octanol–water partition coefficient (Wildman–Crippen LogP) is 1.68. The highest BCUT2D eigenvalue weighted by Gasteiger charge is 2.24.